The summed E-state index contributed by atoms with van der Waals surface area (Å²) in [6, 6.07) is 51.7. The first-order valence-electron chi connectivity index (χ1n) is 25.9. The van der Waals surface area contributed by atoms with Gasteiger partial charge in [-0.1, -0.05) is 222 Å². The summed E-state index contributed by atoms with van der Waals surface area (Å²) in [5.74, 6) is 1.16. The van der Waals surface area contributed by atoms with Crippen LogP contribution in [0, 0.1) is 23.7 Å². The van der Waals surface area contributed by atoms with E-state index in [-0.39, 0.29) is 22.7 Å². The van der Waals surface area contributed by atoms with Gasteiger partial charge in [0.15, 0.2) is 0 Å². The van der Waals surface area contributed by atoms with E-state index < -0.39 is 0 Å². The second-order valence-electron chi connectivity index (χ2n) is 22.0. The van der Waals surface area contributed by atoms with Gasteiger partial charge in [0.25, 0.3) is 0 Å². The fraction of sp³-hybridized carbons (Fsp3) is 0.200. The lowest BCUT2D eigenvalue weighted by molar-refractivity contribution is 0.646. The molecular weight excluding hydrogens is 841 g/mol. The minimum Gasteiger partial charge on any atom is -0.0842 e. The maximum Gasteiger partial charge on any atom is 0.0159 e. The van der Waals surface area contributed by atoms with Gasteiger partial charge in [-0.2, -0.15) is 0 Å². The molecule has 4 unspecified atom stereocenters. The van der Waals surface area contributed by atoms with E-state index in [9.17, 15) is 0 Å². The Labute approximate surface area is 413 Å². The van der Waals surface area contributed by atoms with Gasteiger partial charge in [-0.25, -0.2) is 0 Å². The molecule has 0 spiro atoms. The average molecular weight is 899 g/mol. The molecule has 0 aromatic heterocycles. The third-order valence-electron chi connectivity index (χ3n) is 17.7. The van der Waals surface area contributed by atoms with Crippen molar-refractivity contribution in [1.82, 2.24) is 0 Å². The molecule has 0 radical (unpaired) electrons. The molecule has 0 bridgehead atoms. The molecule has 70 heavy (non-hydrogen) atoms. The number of rotatable bonds is 5. The van der Waals surface area contributed by atoms with Crippen molar-refractivity contribution >= 4 is 27.9 Å². The highest BCUT2D eigenvalue weighted by Crippen LogP contribution is 2.54. The second-order valence-corrected chi connectivity index (χ2v) is 22.0. The lowest BCUT2D eigenvalue weighted by Gasteiger charge is -2.36. The molecule has 8 aliphatic rings. The van der Waals surface area contributed by atoms with Crippen molar-refractivity contribution in [3.8, 4) is 22.3 Å². The summed E-state index contributed by atoms with van der Waals surface area (Å²) in [5.41, 5.74) is 25.5. The highest BCUT2D eigenvalue weighted by Gasteiger charge is 2.41. The summed E-state index contributed by atoms with van der Waals surface area (Å²) < 4.78 is 0. The standard InChI is InChI=1S/C70H58/c1-69(2)61-29-17-16-20-49(61)50-38-35-47(41-63(50)69)67-57-25-12-14-27-59(57)68(60-28-15-13-26-58(60)67)48-36-39-52-51-37-34-46(40-62(51)70(3,4)64(52)42-48)43-30-32-45(33-31-43)66-55-23-10-8-21-53(55)65(44-18-6-5-7-19-44)54-22-9-11-24-56(54)66/h5-6,8-18,20-34,36-37,39-42,53,55,57,59H,7,19,35,38H2,1-4H3. The number of allylic oxidation sites excluding steroid dienone is 16. The Morgan fingerprint density at radius 3 is 1.50 bits per heavy atom. The average Bonchev–Trinajstić information content (AvgIpc) is 3.77. The Balaban J connectivity index is 0.838. The van der Waals surface area contributed by atoms with E-state index in [0.29, 0.717) is 11.8 Å². The fourth-order valence-corrected chi connectivity index (χ4v) is 14.4. The van der Waals surface area contributed by atoms with E-state index in [1.807, 2.05) is 0 Å². The molecule has 0 fully saturated rings. The smallest absolute Gasteiger partial charge is 0.0159 e. The third kappa shape index (κ3) is 6.08. The summed E-state index contributed by atoms with van der Waals surface area (Å²) in [6.45, 7) is 9.74. The number of fused-ring (bicyclic) bond motifs is 9. The molecule has 0 aliphatic heterocycles. The lowest BCUT2D eigenvalue weighted by atomic mass is 9.67. The van der Waals surface area contributed by atoms with Gasteiger partial charge >= 0.3 is 0 Å². The van der Waals surface area contributed by atoms with Crippen molar-refractivity contribution in [2.24, 2.45) is 23.7 Å². The van der Waals surface area contributed by atoms with E-state index in [1.165, 1.54) is 116 Å². The number of hydrogen-bond donors (Lipinski definition) is 0. The van der Waals surface area contributed by atoms with Crippen LogP contribution in [-0.2, 0) is 10.8 Å². The van der Waals surface area contributed by atoms with Crippen LogP contribution in [0.1, 0.15) is 86.8 Å². The maximum atomic E-state index is 2.61. The van der Waals surface area contributed by atoms with Gasteiger partial charge in [-0.3, -0.25) is 0 Å². The molecule has 0 saturated heterocycles. The minimum absolute atomic E-state index is 0.00341. The molecule has 6 aromatic carbocycles. The van der Waals surface area contributed by atoms with Crippen LogP contribution in [0.3, 0.4) is 0 Å². The molecule has 0 amide bonds. The zero-order chi connectivity index (χ0) is 46.9. The summed E-state index contributed by atoms with van der Waals surface area (Å²) >= 11 is 0. The van der Waals surface area contributed by atoms with E-state index in [1.54, 1.807) is 5.57 Å². The van der Waals surface area contributed by atoms with Crippen LogP contribution in [-0.4, -0.2) is 0 Å². The van der Waals surface area contributed by atoms with Crippen molar-refractivity contribution in [1.29, 1.82) is 0 Å². The van der Waals surface area contributed by atoms with Gasteiger partial charge in [-0.15, -0.1) is 0 Å². The van der Waals surface area contributed by atoms with Crippen molar-refractivity contribution in [2.45, 2.75) is 64.2 Å². The SMILES string of the molecule is CC1(C)C2=C(CCC(C3=c4ccccc4=C(c4ccc5c(c4)C(C)(C)c4cc(-c6ccc(C7=c8ccccc8=C(C8=CC=CCC8)C8C=CC=CC78)cc6)ccc4-5)C4C=CC=CC34)=C2)c2ccccc21. The van der Waals surface area contributed by atoms with Crippen molar-refractivity contribution in [3.05, 3.63) is 277 Å². The topological polar surface area (TPSA) is 0 Å². The largest absolute Gasteiger partial charge is 0.0842 e. The van der Waals surface area contributed by atoms with Crippen molar-refractivity contribution < 1.29 is 0 Å². The molecule has 0 N–H and O–H groups in total. The van der Waals surface area contributed by atoms with Crippen LogP contribution < -0.4 is 20.9 Å². The zero-order valence-electron chi connectivity index (χ0n) is 40.8. The molecule has 6 aromatic rings. The molecule has 0 heteroatoms. The summed E-state index contributed by atoms with van der Waals surface area (Å²) in [6.07, 6.45) is 32.8. The van der Waals surface area contributed by atoms with Gasteiger partial charge in [0.05, 0.1) is 0 Å². The fourth-order valence-electron chi connectivity index (χ4n) is 14.4. The Morgan fingerprint density at radius 2 is 0.886 bits per heavy atom. The highest BCUT2D eigenvalue weighted by atomic mass is 14.4. The maximum absolute atomic E-state index is 2.61. The van der Waals surface area contributed by atoms with Gasteiger partial charge in [0.2, 0.25) is 0 Å². The normalized spacial score (nSPS) is 23.4. The second kappa shape index (κ2) is 15.6. The molecule has 338 valence electrons. The van der Waals surface area contributed by atoms with E-state index in [4.69, 9.17) is 0 Å². The van der Waals surface area contributed by atoms with Gasteiger partial charge in [-0.05, 0) is 159 Å². The Hall–Kier alpha value is -7.28. The number of hydrogen-bond acceptors (Lipinski definition) is 0. The van der Waals surface area contributed by atoms with Crippen LogP contribution in [0.4, 0.5) is 0 Å². The van der Waals surface area contributed by atoms with Crippen LogP contribution in [0.15, 0.2) is 223 Å². The highest BCUT2D eigenvalue weighted by molar-refractivity contribution is 5.90. The molecule has 0 saturated carbocycles. The predicted octanol–water partition coefficient (Wildman–Crippen LogP) is 13.8. The molecular formula is C70H58. The third-order valence-corrected chi connectivity index (χ3v) is 17.7. The zero-order valence-corrected chi connectivity index (χ0v) is 40.8. The first kappa shape index (κ1) is 41.7. The predicted molar refractivity (Wildman–Crippen MR) is 293 cm³/mol. The Morgan fingerprint density at radius 1 is 0.386 bits per heavy atom. The monoisotopic (exact) mass is 898 g/mol. The van der Waals surface area contributed by atoms with Crippen LogP contribution in [0.2, 0.25) is 0 Å². The van der Waals surface area contributed by atoms with E-state index in [2.05, 4.69) is 234 Å². The van der Waals surface area contributed by atoms with Crippen LogP contribution >= 0.6 is 0 Å². The first-order valence-corrected chi connectivity index (χ1v) is 25.9. The quantitative estimate of drug-likeness (QED) is 0.162. The Kier molecular flexibility index (Phi) is 9.30. The lowest BCUT2D eigenvalue weighted by Crippen LogP contribution is -2.40. The number of benzene rings is 6. The summed E-state index contributed by atoms with van der Waals surface area (Å²) in [5, 5.41) is 5.54. The van der Waals surface area contributed by atoms with Crippen LogP contribution in [0.5, 0.6) is 0 Å². The van der Waals surface area contributed by atoms with Crippen molar-refractivity contribution in [3.63, 3.8) is 0 Å². The minimum atomic E-state index is -0.163. The van der Waals surface area contributed by atoms with Gasteiger partial charge in [0.1, 0.15) is 0 Å². The van der Waals surface area contributed by atoms with Crippen LogP contribution in [0.25, 0.3) is 50.1 Å². The molecule has 4 atom stereocenters. The molecule has 8 aliphatic carbocycles. The molecule has 14 rings (SSSR count). The van der Waals surface area contributed by atoms with E-state index >= 15 is 0 Å². The first-order chi connectivity index (χ1) is 34.3. The van der Waals surface area contributed by atoms with Gasteiger partial charge < -0.3 is 0 Å². The molecule has 0 heterocycles. The van der Waals surface area contributed by atoms with Crippen molar-refractivity contribution in [2.75, 3.05) is 0 Å². The van der Waals surface area contributed by atoms with Gasteiger partial charge in [0, 0.05) is 34.5 Å². The summed E-state index contributed by atoms with van der Waals surface area (Å²) in [7, 11) is 0. The summed E-state index contributed by atoms with van der Waals surface area (Å²) in [4.78, 5) is 0. The van der Waals surface area contributed by atoms with E-state index in [0.717, 1.165) is 25.7 Å². The Bertz CT molecular complexity index is 3820. The molecule has 0 nitrogen and oxygen atoms in total.